The lowest BCUT2D eigenvalue weighted by Crippen LogP contribution is -2.34. The van der Waals surface area contributed by atoms with E-state index in [0.29, 0.717) is 34.3 Å². The number of aliphatic carboxylic acids is 1. The Morgan fingerprint density at radius 3 is 2.34 bits per heavy atom. The van der Waals surface area contributed by atoms with Gasteiger partial charge in [0, 0.05) is 16.3 Å². The van der Waals surface area contributed by atoms with E-state index < -0.39 is 23.1 Å². The van der Waals surface area contributed by atoms with E-state index in [0.717, 1.165) is 4.90 Å². The number of allylic oxidation sites excluding steroid dienone is 2. The van der Waals surface area contributed by atoms with Crippen LogP contribution < -0.4 is 10.6 Å². The summed E-state index contributed by atoms with van der Waals surface area (Å²) in [4.78, 5) is 37.5. The summed E-state index contributed by atoms with van der Waals surface area (Å²) in [6, 6.07) is 12.0. The standard InChI is InChI=1S/C23H22Cl2N2O4S/c1-13(21(28)26-15-9-10-19(24)20(25)12-15)32-16-6-4-5-14(11-16)27-22(29)17-7-2-3-8-18(17)23(30)31/h2-6,9-13,17-18H,7-8H2,1H3,(H,26,28)(H,27,29)(H,30,31). The lowest BCUT2D eigenvalue weighted by atomic mass is 9.82. The third kappa shape index (κ3) is 6.28. The summed E-state index contributed by atoms with van der Waals surface area (Å²) in [5, 5.41) is 15.3. The number of amides is 2. The normalized spacial score (nSPS) is 18.6. The van der Waals surface area contributed by atoms with Gasteiger partial charge in [0.2, 0.25) is 11.8 Å². The number of anilines is 2. The third-order valence-electron chi connectivity index (χ3n) is 5.06. The van der Waals surface area contributed by atoms with Crippen LogP contribution in [0.2, 0.25) is 10.0 Å². The molecule has 3 atom stereocenters. The molecule has 1 aliphatic rings. The van der Waals surface area contributed by atoms with Crippen molar-refractivity contribution in [2.75, 3.05) is 10.6 Å². The van der Waals surface area contributed by atoms with Crippen LogP contribution in [0.15, 0.2) is 59.5 Å². The molecule has 0 bridgehead atoms. The number of carbonyl (C=O) groups is 3. The molecule has 9 heteroatoms. The van der Waals surface area contributed by atoms with Crippen LogP contribution >= 0.6 is 35.0 Å². The molecule has 2 amide bonds. The molecule has 0 heterocycles. The van der Waals surface area contributed by atoms with Crippen molar-refractivity contribution in [2.24, 2.45) is 11.8 Å². The number of rotatable bonds is 7. The van der Waals surface area contributed by atoms with Crippen molar-refractivity contribution in [1.29, 1.82) is 0 Å². The maximum Gasteiger partial charge on any atom is 0.307 e. The molecule has 32 heavy (non-hydrogen) atoms. The molecule has 3 N–H and O–H groups in total. The van der Waals surface area contributed by atoms with Gasteiger partial charge in [0.1, 0.15) is 0 Å². The van der Waals surface area contributed by atoms with Gasteiger partial charge in [0.05, 0.1) is 27.1 Å². The number of nitrogens with one attached hydrogen (secondary N) is 2. The van der Waals surface area contributed by atoms with Gasteiger partial charge in [-0.1, -0.05) is 41.4 Å². The lowest BCUT2D eigenvalue weighted by Gasteiger charge is -2.24. The molecule has 168 valence electrons. The van der Waals surface area contributed by atoms with Crippen LogP contribution in [0.3, 0.4) is 0 Å². The van der Waals surface area contributed by atoms with E-state index in [1.807, 2.05) is 12.1 Å². The smallest absolute Gasteiger partial charge is 0.307 e. The molecule has 0 spiro atoms. The molecule has 0 saturated carbocycles. The molecule has 0 saturated heterocycles. The molecular formula is C23H22Cl2N2O4S. The molecule has 6 nitrogen and oxygen atoms in total. The fraction of sp³-hybridized carbons (Fsp3) is 0.261. The van der Waals surface area contributed by atoms with Crippen molar-refractivity contribution in [3.63, 3.8) is 0 Å². The van der Waals surface area contributed by atoms with Crippen LogP contribution in [0.5, 0.6) is 0 Å². The van der Waals surface area contributed by atoms with Crippen molar-refractivity contribution in [3.8, 4) is 0 Å². The highest BCUT2D eigenvalue weighted by Gasteiger charge is 2.34. The molecule has 2 aromatic rings. The topological polar surface area (TPSA) is 95.5 Å². The summed E-state index contributed by atoms with van der Waals surface area (Å²) in [5.74, 6) is -2.86. The lowest BCUT2D eigenvalue weighted by molar-refractivity contribution is -0.146. The van der Waals surface area contributed by atoms with Gasteiger partial charge in [-0.25, -0.2) is 0 Å². The second-order valence-corrected chi connectivity index (χ2v) is 9.62. The van der Waals surface area contributed by atoms with Gasteiger partial charge in [0.15, 0.2) is 0 Å². The Morgan fingerprint density at radius 2 is 1.66 bits per heavy atom. The van der Waals surface area contributed by atoms with E-state index in [-0.39, 0.29) is 11.8 Å². The second-order valence-electron chi connectivity index (χ2n) is 7.39. The zero-order valence-electron chi connectivity index (χ0n) is 17.2. The summed E-state index contributed by atoms with van der Waals surface area (Å²) in [5.41, 5.74) is 1.10. The van der Waals surface area contributed by atoms with Gasteiger partial charge in [-0.3, -0.25) is 14.4 Å². The average molecular weight is 493 g/mol. The molecule has 3 rings (SSSR count). The van der Waals surface area contributed by atoms with Crippen molar-refractivity contribution in [2.45, 2.75) is 29.9 Å². The molecule has 0 aliphatic heterocycles. The highest BCUT2D eigenvalue weighted by atomic mass is 35.5. The predicted octanol–water partition coefficient (Wildman–Crippen LogP) is 5.72. The van der Waals surface area contributed by atoms with E-state index >= 15 is 0 Å². The Morgan fingerprint density at radius 1 is 0.969 bits per heavy atom. The van der Waals surface area contributed by atoms with E-state index in [1.165, 1.54) is 11.8 Å². The SMILES string of the molecule is CC(Sc1cccc(NC(=O)C2CC=CCC2C(=O)O)c1)C(=O)Nc1ccc(Cl)c(Cl)c1. The van der Waals surface area contributed by atoms with Crippen LogP contribution in [0.4, 0.5) is 11.4 Å². The molecular weight excluding hydrogens is 471 g/mol. The number of carboxylic acid groups (broad SMARTS) is 1. The van der Waals surface area contributed by atoms with Crippen molar-refractivity contribution in [3.05, 3.63) is 64.7 Å². The van der Waals surface area contributed by atoms with Gasteiger partial charge >= 0.3 is 5.97 Å². The number of hydrogen-bond donors (Lipinski definition) is 3. The summed E-state index contributed by atoms with van der Waals surface area (Å²) in [6.07, 6.45) is 4.37. The van der Waals surface area contributed by atoms with Crippen LogP contribution in [-0.4, -0.2) is 28.1 Å². The highest BCUT2D eigenvalue weighted by Crippen LogP contribution is 2.30. The minimum Gasteiger partial charge on any atom is -0.481 e. The maximum atomic E-state index is 12.7. The van der Waals surface area contributed by atoms with E-state index in [9.17, 15) is 19.5 Å². The van der Waals surface area contributed by atoms with Crippen molar-refractivity contribution >= 4 is 64.1 Å². The van der Waals surface area contributed by atoms with E-state index in [2.05, 4.69) is 10.6 Å². The number of carbonyl (C=O) groups excluding carboxylic acids is 2. The van der Waals surface area contributed by atoms with Gasteiger partial charge in [0.25, 0.3) is 0 Å². The summed E-state index contributed by atoms with van der Waals surface area (Å²) in [7, 11) is 0. The highest BCUT2D eigenvalue weighted by molar-refractivity contribution is 8.00. The number of hydrogen-bond acceptors (Lipinski definition) is 4. The molecule has 1 aliphatic carbocycles. The zero-order valence-corrected chi connectivity index (χ0v) is 19.5. The fourth-order valence-corrected chi connectivity index (χ4v) is 4.56. The van der Waals surface area contributed by atoms with Gasteiger partial charge < -0.3 is 15.7 Å². The first-order valence-corrected chi connectivity index (χ1v) is 11.6. The largest absolute Gasteiger partial charge is 0.481 e. The monoisotopic (exact) mass is 492 g/mol. The molecule has 0 radical (unpaired) electrons. The minimum absolute atomic E-state index is 0.207. The number of benzene rings is 2. The summed E-state index contributed by atoms with van der Waals surface area (Å²) in [6.45, 7) is 1.77. The van der Waals surface area contributed by atoms with Crippen LogP contribution in [0.1, 0.15) is 19.8 Å². The average Bonchev–Trinajstić information content (AvgIpc) is 2.76. The van der Waals surface area contributed by atoms with Gasteiger partial charge in [-0.05, 0) is 56.2 Å². The Balaban J connectivity index is 1.62. The number of halogens is 2. The summed E-state index contributed by atoms with van der Waals surface area (Å²) >= 11 is 13.2. The number of thioether (sulfide) groups is 1. The first-order chi connectivity index (χ1) is 15.2. The Bertz CT molecular complexity index is 1060. The van der Waals surface area contributed by atoms with Crippen LogP contribution in [0.25, 0.3) is 0 Å². The van der Waals surface area contributed by atoms with E-state index in [1.54, 1.807) is 49.4 Å². The zero-order chi connectivity index (χ0) is 23.3. The number of carboxylic acids is 1. The first-order valence-electron chi connectivity index (χ1n) is 9.96. The maximum absolute atomic E-state index is 12.7. The van der Waals surface area contributed by atoms with E-state index in [4.69, 9.17) is 23.2 Å². The molecule has 0 fully saturated rings. The van der Waals surface area contributed by atoms with Crippen LogP contribution in [-0.2, 0) is 14.4 Å². The summed E-state index contributed by atoms with van der Waals surface area (Å²) < 4.78 is 0. The quantitative estimate of drug-likeness (QED) is 0.339. The fourth-order valence-electron chi connectivity index (χ4n) is 3.33. The Kier molecular flexibility index (Phi) is 8.23. The second kappa shape index (κ2) is 10.9. The Hall–Kier alpha value is -2.48. The third-order valence-corrected chi connectivity index (χ3v) is 6.89. The molecule has 0 aromatic heterocycles. The van der Waals surface area contributed by atoms with Crippen molar-refractivity contribution < 1.29 is 19.5 Å². The first kappa shape index (κ1) is 24.2. The molecule has 2 aromatic carbocycles. The van der Waals surface area contributed by atoms with Crippen LogP contribution in [0, 0.1) is 11.8 Å². The van der Waals surface area contributed by atoms with Gasteiger partial charge in [-0.15, -0.1) is 11.8 Å². The predicted molar refractivity (Wildman–Crippen MR) is 128 cm³/mol. The minimum atomic E-state index is -0.972. The van der Waals surface area contributed by atoms with Gasteiger partial charge in [-0.2, -0.15) is 0 Å². The van der Waals surface area contributed by atoms with Crippen molar-refractivity contribution in [1.82, 2.24) is 0 Å². The molecule has 3 unspecified atom stereocenters. The Labute approximate surface area is 200 Å².